The van der Waals surface area contributed by atoms with Crippen molar-refractivity contribution in [3.8, 4) is 0 Å². The number of nitrogens with zero attached hydrogens (tertiary/aromatic N) is 2. The molecule has 0 saturated heterocycles. The molecule has 3 rings (SSSR count). The summed E-state index contributed by atoms with van der Waals surface area (Å²) >= 11 is 1.65. The zero-order valence-electron chi connectivity index (χ0n) is 11.8. The van der Waals surface area contributed by atoms with Crippen molar-refractivity contribution in [2.24, 2.45) is 0 Å². The molecule has 0 aliphatic rings. The lowest BCUT2D eigenvalue weighted by atomic mass is 10.2. The molecule has 0 spiro atoms. The molecule has 0 aliphatic carbocycles. The molecule has 0 aliphatic heterocycles. The number of amides is 1. The van der Waals surface area contributed by atoms with Crippen LogP contribution in [0.3, 0.4) is 0 Å². The lowest BCUT2D eigenvalue weighted by molar-refractivity contribution is -0.116. The number of rotatable bonds is 6. The van der Waals surface area contributed by atoms with Gasteiger partial charge < -0.3 is 9.73 Å². The smallest absolute Gasteiger partial charge is 0.244 e. The molecular weight excluding hydrogens is 298 g/mol. The topological polar surface area (TPSA) is 60.1 Å². The highest BCUT2D eigenvalue weighted by atomic mass is 32.1. The van der Waals surface area contributed by atoms with Gasteiger partial charge in [-0.2, -0.15) is 5.10 Å². The molecule has 6 heteroatoms. The largest absolute Gasteiger partial charge is 0.472 e. The molecule has 112 valence electrons. The Hall–Kier alpha value is -2.60. The molecule has 0 unspecified atom stereocenters. The van der Waals surface area contributed by atoms with Crippen LogP contribution in [-0.4, -0.2) is 22.2 Å². The van der Waals surface area contributed by atoms with Gasteiger partial charge in [0.05, 0.1) is 12.5 Å². The number of aromatic nitrogens is 2. The highest BCUT2D eigenvalue weighted by molar-refractivity contribution is 7.10. The Labute approximate surface area is 131 Å². The summed E-state index contributed by atoms with van der Waals surface area (Å²) in [6.07, 6.45) is 10.0. The maximum absolute atomic E-state index is 11.9. The van der Waals surface area contributed by atoms with Crippen molar-refractivity contribution < 1.29 is 9.21 Å². The highest BCUT2D eigenvalue weighted by Crippen LogP contribution is 2.21. The first-order valence-corrected chi connectivity index (χ1v) is 7.71. The van der Waals surface area contributed by atoms with Crippen LogP contribution in [0.2, 0.25) is 0 Å². The van der Waals surface area contributed by atoms with E-state index in [2.05, 4.69) is 10.4 Å². The number of carbonyl (C=O) groups excluding carboxylic acids is 1. The van der Waals surface area contributed by atoms with Gasteiger partial charge in [-0.15, -0.1) is 11.3 Å². The number of furan rings is 1. The molecule has 0 aromatic carbocycles. The van der Waals surface area contributed by atoms with Crippen molar-refractivity contribution in [1.82, 2.24) is 15.1 Å². The maximum Gasteiger partial charge on any atom is 0.244 e. The Kier molecular flexibility index (Phi) is 4.50. The molecular formula is C16H15N3O2S. The van der Waals surface area contributed by atoms with Crippen LogP contribution in [0.15, 0.2) is 65.1 Å². The predicted octanol–water partition coefficient (Wildman–Crippen LogP) is 2.96. The summed E-state index contributed by atoms with van der Waals surface area (Å²) in [5.74, 6) is -0.144. The van der Waals surface area contributed by atoms with E-state index in [1.54, 1.807) is 42.2 Å². The average Bonchev–Trinajstić information content (AvgIpc) is 3.27. The van der Waals surface area contributed by atoms with Crippen LogP contribution in [0.5, 0.6) is 0 Å². The first-order valence-electron chi connectivity index (χ1n) is 6.83. The predicted molar refractivity (Wildman–Crippen MR) is 85.4 cm³/mol. The van der Waals surface area contributed by atoms with Gasteiger partial charge in [0.2, 0.25) is 5.91 Å². The van der Waals surface area contributed by atoms with Crippen LogP contribution in [0.25, 0.3) is 6.08 Å². The van der Waals surface area contributed by atoms with E-state index in [0.29, 0.717) is 6.54 Å². The van der Waals surface area contributed by atoms with E-state index in [9.17, 15) is 4.79 Å². The van der Waals surface area contributed by atoms with Crippen LogP contribution < -0.4 is 5.32 Å². The van der Waals surface area contributed by atoms with Crippen molar-refractivity contribution in [2.75, 3.05) is 6.54 Å². The van der Waals surface area contributed by atoms with Gasteiger partial charge in [-0.25, -0.2) is 0 Å². The maximum atomic E-state index is 11.9. The van der Waals surface area contributed by atoms with E-state index in [1.165, 1.54) is 6.08 Å². The van der Waals surface area contributed by atoms with Gasteiger partial charge in [0.1, 0.15) is 6.04 Å². The zero-order chi connectivity index (χ0) is 15.2. The van der Waals surface area contributed by atoms with Crippen LogP contribution in [0, 0.1) is 0 Å². The van der Waals surface area contributed by atoms with Crippen molar-refractivity contribution in [3.63, 3.8) is 0 Å². The van der Waals surface area contributed by atoms with Gasteiger partial charge in [-0.1, -0.05) is 6.07 Å². The van der Waals surface area contributed by atoms with Gasteiger partial charge >= 0.3 is 0 Å². The van der Waals surface area contributed by atoms with Crippen LogP contribution >= 0.6 is 11.3 Å². The third-order valence-corrected chi connectivity index (χ3v) is 4.13. The van der Waals surface area contributed by atoms with Gasteiger partial charge in [-0.05, 0) is 29.7 Å². The fourth-order valence-electron chi connectivity index (χ4n) is 2.07. The number of nitrogens with one attached hydrogen (secondary N) is 1. The Bertz CT molecular complexity index is 681. The first kappa shape index (κ1) is 14.3. The second-order valence-electron chi connectivity index (χ2n) is 4.65. The third kappa shape index (κ3) is 3.53. The quantitative estimate of drug-likeness (QED) is 0.712. The molecule has 0 bridgehead atoms. The monoisotopic (exact) mass is 313 g/mol. The van der Waals surface area contributed by atoms with Gasteiger partial charge in [-0.3, -0.25) is 9.48 Å². The van der Waals surface area contributed by atoms with E-state index in [-0.39, 0.29) is 11.9 Å². The van der Waals surface area contributed by atoms with E-state index >= 15 is 0 Å². The summed E-state index contributed by atoms with van der Waals surface area (Å²) in [7, 11) is 0. The van der Waals surface area contributed by atoms with Gasteiger partial charge in [0.15, 0.2) is 0 Å². The van der Waals surface area contributed by atoms with Crippen LogP contribution in [0.1, 0.15) is 16.5 Å². The molecule has 0 radical (unpaired) electrons. The summed E-state index contributed by atoms with van der Waals surface area (Å²) < 4.78 is 6.80. The summed E-state index contributed by atoms with van der Waals surface area (Å²) in [5.41, 5.74) is 0.858. The second kappa shape index (κ2) is 6.91. The van der Waals surface area contributed by atoms with Crippen molar-refractivity contribution in [3.05, 3.63) is 71.1 Å². The van der Waals surface area contributed by atoms with E-state index in [0.717, 1.165) is 10.4 Å². The molecule has 0 fully saturated rings. The summed E-state index contributed by atoms with van der Waals surface area (Å²) in [4.78, 5) is 13.1. The van der Waals surface area contributed by atoms with Crippen molar-refractivity contribution in [2.45, 2.75) is 6.04 Å². The number of thiophene rings is 1. The van der Waals surface area contributed by atoms with E-state index < -0.39 is 0 Å². The average molecular weight is 313 g/mol. The van der Waals surface area contributed by atoms with Crippen LogP contribution in [-0.2, 0) is 4.79 Å². The van der Waals surface area contributed by atoms with Gasteiger partial charge in [0, 0.05) is 35.5 Å². The Balaban J connectivity index is 1.63. The molecule has 3 aromatic rings. The van der Waals surface area contributed by atoms with E-state index in [1.807, 2.05) is 34.5 Å². The molecule has 1 amide bonds. The van der Waals surface area contributed by atoms with Crippen molar-refractivity contribution in [1.29, 1.82) is 0 Å². The standard InChI is InChI=1S/C16H15N3O2S/c20-16(5-4-13-6-9-21-12-13)17-11-14(15-3-1-10-22-15)19-8-2-7-18-19/h1-10,12,14H,11H2,(H,17,20)/b5-4+/t14-/m1/s1. The van der Waals surface area contributed by atoms with Crippen LogP contribution in [0.4, 0.5) is 0 Å². The SMILES string of the molecule is O=C(/C=C/c1ccoc1)NC[C@H](c1cccs1)n1cccn1. The lowest BCUT2D eigenvalue weighted by Crippen LogP contribution is -2.30. The van der Waals surface area contributed by atoms with Crippen molar-refractivity contribution >= 4 is 23.3 Å². The fraction of sp³-hybridized carbons (Fsp3) is 0.125. The molecule has 22 heavy (non-hydrogen) atoms. The Morgan fingerprint density at radius 1 is 1.45 bits per heavy atom. The van der Waals surface area contributed by atoms with E-state index in [4.69, 9.17) is 4.42 Å². The molecule has 1 N–H and O–H groups in total. The number of carbonyl (C=O) groups is 1. The molecule has 0 saturated carbocycles. The fourth-order valence-corrected chi connectivity index (χ4v) is 2.89. The minimum atomic E-state index is -0.144. The van der Waals surface area contributed by atoms with Gasteiger partial charge in [0.25, 0.3) is 0 Å². The normalized spacial score (nSPS) is 12.5. The lowest BCUT2D eigenvalue weighted by Gasteiger charge is -2.16. The minimum absolute atomic E-state index is 0.00118. The zero-order valence-corrected chi connectivity index (χ0v) is 12.6. The molecule has 3 heterocycles. The molecule has 5 nitrogen and oxygen atoms in total. The summed E-state index contributed by atoms with van der Waals surface area (Å²) in [6.45, 7) is 0.483. The first-order chi connectivity index (χ1) is 10.8. The molecule has 3 aromatic heterocycles. The Morgan fingerprint density at radius 3 is 3.09 bits per heavy atom. The minimum Gasteiger partial charge on any atom is -0.472 e. The second-order valence-corrected chi connectivity index (χ2v) is 5.63. The number of hydrogen-bond donors (Lipinski definition) is 1. The molecule has 1 atom stereocenters. The summed E-state index contributed by atoms with van der Waals surface area (Å²) in [6, 6.07) is 7.71. The Morgan fingerprint density at radius 2 is 2.41 bits per heavy atom. The highest BCUT2D eigenvalue weighted by Gasteiger charge is 2.15. The third-order valence-electron chi connectivity index (χ3n) is 3.16. The summed E-state index contributed by atoms with van der Waals surface area (Å²) in [5, 5.41) is 9.21. The number of hydrogen-bond acceptors (Lipinski definition) is 4.